The van der Waals surface area contributed by atoms with E-state index >= 15 is 0 Å². The van der Waals surface area contributed by atoms with Crippen molar-refractivity contribution in [2.75, 3.05) is 20.3 Å². The monoisotopic (exact) mass is 265 g/mol. The molecule has 4 nitrogen and oxygen atoms in total. The SMILES string of the molecule is CCOC(=O)C(C)(CN)Cc1cc(C)ccc1OC. The molecule has 0 aliphatic carbocycles. The number of rotatable bonds is 6. The summed E-state index contributed by atoms with van der Waals surface area (Å²) in [7, 11) is 1.62. The number of nitrogens with two attached hydrogens (primary N) is 1. The molecule has 1 aromatic rings. The van der Waals surface area contributed by atoms with Gasteiger partial charge in [0.25, 0.3) is 0 Å². The number of aryl methyl sites for hydroxylation is 1. The van der Waals surface area contributed by atoms with Crippen molar-refractivity contribution in [1.82, 2.24) is 0 Å². The molecule has 0 aromatic heterocycles. The Morgan fingerprint density at radius 1 is 1.42 bits per heavy atom. The Balaban J connectivity index is 3.03. The van der Waals surface area contributed by atoms with Crippen molar-refractivity contribution >= 4 is 5.97 Å². The van der Waals surface area contributed by atoms with Crippen molar-refractivity contribution in [2.45, 2.75) is 27.2 Å². The van der Waals surface area contributed by atoms with E-state index in [9.17, 15) is 4.79 Å². The van der Waals surface area contributed by atoms with Crippen LogP contribution in [-0.4, -0.2) is 26.2 Å². The Morgan fingerprint density at radius 2 is 2.11 bits per heavy atom. The zero-order chi connectivity index (χ0) is 14.5. The molecule has 0 amide bonds. The third-order valence-electron chi connectivity index (χ3n) is 3.24. The Bertz CT molecular complexity index is 445. The zero-order valence-electron chi connectivity index (χ0n) is 12.2. The smallest absolute Gasteiger partial charge is 0.313 e. The lowest BCUT2D eigenvalue weighted by Crippen LogP contribution is -2.39. The first-order valence-electron chi connectivity index (χ1n) is 6.47. The standard InChI is InChI=1S/C15H23NO3/c1-5-19-14(17)15(3,10-16)9-12-8-11(2)6-7-13(12)18-4/h6-8H,5,9-10,16H2,1-4H3. The van der Waals surface area contributed by atoms with E-state index < -0.39 is 5.41 Å². The van der Waals surface area contributed by atoms with Gasteiger partial charge in [-0.2, -0.15) is 0 Å². The van der Waals surface area contributed by atoms with Crippen LogP contribution in [-0.2, 0) is 16.0 Å². The predicted octanol–water partition coefficient (Wildman–Crippen LogP) is 2.07. The molecule has 0 radical (unpaired) electrons. The predicted molar refractivity (Wildman–Crippen MR) is 75.2 cm³/mol. The fourth-order valence-corrected chi connectivity index (χ4v) is 2.00. The van der Waals surface area contributed by atoms with Crippen LogP contribution in [0.2, 0.25) is 0 Å². The highest BCUT2D eigenvalue weighted by Gasteiger charge is 2.34. The van der Waals surface area contributed by atoms with Crippen molar-refractivity contribution < 1.29 is 14.3 Å². The topological polar surface area (TPSA) is 61.5 Å². The van der Waals surface area contributed by atoms with Crippen LogP contribution in [0, 0.1) is 12.3 Å². The first-order valence-corrected chi connectivity index (χ1v) is 6.47. The van der Waals surface area contributed by atoms with Gasteiger partial charge < -0.3 is 15.2 Å². The van der Waals surface area contributed by atoms with Crippen LogP contribution >= 0.6 is 0 Å². The van der Waals surface area contributed by atoms with Crippen LogP contribution in [0.4, 0.5) is 0 Å². The molecule has 0 aliphatic heterocycles. The quantitative estimate of drug-likeness (QED) is 0.800. The normalized spacial score (nSPS) is 13.7. The van der Waals surface area contributed by atoms with Crippen LogP contribution in [0.1, 0.15) is 25.0 Å². The second-order valence-corrected chi connectivity index (χ2v) is 4.98. The van der Waals surface area contributed by atoms with E-state index in [1.807, 2.05) is 32.0 Å². The molecule has 1 aromatic carbocycles. The molecule has 0 saturated heterocycles. The number of ether oxygens (including phenoxy) is 2. The second kappa shape index (κ2) is 6.57. The summed E-state index contributed by atoms with van der Waals surface area (Å²) in [4.78, 5) is 12.0. The molecule has 2 N–H and O–H groups in total. The van der Waals surface area contributed by atoms with Crippen molar-refractivity contribution in [3.8, 4) is 5.75 Å². The van der Waals surface area contributed by atoms with E-state index in [4.69, 9.17) is 15.2 Å². The van der Waals surface area contributed by atoms with Gasteiger partial charge in [-0.25, -0.2) is 0 Å². The molecule has 0 heterocycles. The fraction of sp³-hybridized carbons (Fsp3) is 0.533. The van der Waals surface area contributed by atoms with Crippen molar-refractivity contribution in [3.63, 3.8) is 0 Å². The second-order valence-electron chi connectivity index (χ2n) is 4.98. The summed E-state index contributed by atoms with van der Waals surface area (Å²) in [6.45, 7) is 6.23. The van der Waals surface area contributed by atoms with Gasteiger partial charge >= 0.3 is 5.97 Å². The molecule has 0 saturated carbocycles. The molecule has 0 bridgehead atoms. The van der Waals surface area contributed by atoms with Crippen LogP contribution < -0.4 is 10.5 Å². The van der Waals surface area contributed by atoms with Crippen molar-refractivity contribution in [2.24, 2.45) is 11.1 Å². The third kappa shape index (κ3) is 3.70. The zero-order valence-corrected chi connectivity index (χ0v) is 12.2. The van der Waals surface area contributed by atoms with E-state index in [1.54, 1.807) is 14.0 Å². The Hall–Kier alpha value is -1.55. The molecular formula is C15H23NO3. The average molecular weight is 265 g/mol. The number of benzene rings is 1. The number of methoxy groups -OCH3 is 1. The molecule has 19 heavy (non-hydrogen) atoms. The van der Waals surface area contributed by atoms with E-state index in [2.05, 4.69) is 0 Å². The maximum Gasteiger partial charge on any atom is 0.313 e. The molecular weight excluding hydrogens is 242 g/mol. The molecule has 0 spiro atoms. The van der Waals surface area contributed by atoms with Crippen LogP contribution in [0.3, 0.4) is 0 Å². The van der Waals surface area contributed by atoms with Gasteiger partial charge in [-0.1, -0.05) is 17.7 Å². The minimum atomic E-state index is -0.725. The van der Waals surface area contributed by atoms with Gasteiger partial charge in [0, 0.05) is 6.54 Å². The lowest BCUT2D eigenvalue weighted by molar-refractivity contribution is -0.153. The van der Waals surface area contributed by atoms with Gasteiger partial charge in [-0.3, -0.25) is 4.79 Å². The summed E-state index contributed by atoms with van der Waals surface area (Å²) in [6.07, 6.45) is 0.507. The number of carbonyl (C=O) groups is 1. The van der Waals surface area contributed by atoms with Gasteiger partial charge in [-0.05, 0) is 38.8 Å². The highest BCUT2D eigenvalue weighted by molar-refractivity contribution is 5.77. The van der Waals surface area contributed by atoms with Gasteiger partial charge in [0.05, 0.1) is 19.1 Å². The van der Waals surface area contributed by atoms with Gasteiger partial charge in [-0.15, -0.1) is 0 Å². The first kappa shape index (κ1) is 15.5. The highest BCUT2D eigenvalue weighted by atomic mass is 16.5. The lowest BCUT2D eigenvalue weighted by Gasteiger charge is -2.26. The number of esters is 1. The lowest BCUT2D eigenvalue weighted by atomic mass is 9.83. The molecule has 106 valence electrons. The summed E-state index contributed by atoms with van der Waals surface area (Å²) >= 11 is 0. The maximum absolute atomic E-state index is 12.0. The maximum atomic E-state index is 12.0. The Morgan fingerprint density at radius 3 is 2.63 bits per heavy atom. The third-order valence-corrected chi connectivity index (χ3v) is 3.24. The van der Waals surface area contributed by atoms with Gasteiger partial charge in [0.2, 0.25) is 0 Å². The van der Waals surface area contributed by atoms with Crippen LogP contribution in [0.5, 0.6) is 5.75 Å². The highest BCUT2D eigenvalue weighted by Crippen LogP contribution is 2.29. The van der Waals surface area contributed by atoms with Gasteiger partial charge in [0.1, 0.15) is 5.75 Å². The average Bonchev–Trinajstić information content (AvgIpc) is 2.39. The van der Waals surface area contributed by atoms with Crippen LogP contribution in [0.25, 0.3) is 0 Å². The fourth-order valence-electron chi connectivity index (χ4n) is 2.00. The number of carbonyl (C=O) groups excluding carboxylic acids is 1. The summed E-state index contributed by atoms with van der Waals surface area (Å²) < 4.78 is 10.5. The molecule has 4 heteroatoms. The minimum absolute atomic E-state index is 0.239. The van der Waals surface area contributed by atoms with Crippen molar-refractivity contribution in [3.05, 3.63) is 29.3 Å². The first-order chi connectivity index (χ1) is 8.96. The van der Waals surface area contributed by atoms with E-state index in [-0.39, 0.29) is 12.5 Å². The van der Waals surface area contributed by atoms with Crippen molar-refractivity contribution in [1.29, 1.82) is 0 Å². The molecule has 0 aliphatic rings. The molecule has 1 rings (SSSR count). The van der Waals surface area contributed by atoms with E-state index in [0.29, 0.717) is 13.0 Å². The Labute approximate surface area is 114 Å². The van der Waals surface area contributed by atoms with E-state index in [1.165, 1.54) is 0 Å². The number of hydrogen-bond donors (Lipinski definition) is 1. The summed E-state index contributed by atoms with van der Waals surface area (Å²) in [5.74, 6) is 0.510. The van der Waals surface area contributed by atoms with Gasteiger partial charge in [0.15, 0.2) is 0 Å². The summed E-state index contributed by atoms with van der Waals surface area (Å²) in [5.41, 5.74) is 7.15. The molecule has 1 atom stereocenters. The number of hydrogen-bond acceptors (Lipinski definition) is 4. The van der Waals surface area contributed by atoms with Crippen LogP contribution in [0.15, 0.2) is 18.2 Å². The summed E-state index contributed by atoms with van der Waals surface area (Å²) in [6, 6.07) is 5.91. The Kier molecular flexibility index (Phi) is 5.36. The molecule has 0 fully saturated rings. The minimum Gasteiger partial charge on any atom is -0.496 e. The molecule has 1 unspecified atom stereocenters. The van der Waals surface area contributed by atoms with E-state index in [0.717, 1.165) is 16.9 Å². The largest absolute Gasteiger partial charge is 0.496 e. The summed E-state index contributed by atoms with van der Waals surface area (Å²) in [5, 5.41) is 0.